The molecule has 3 N–H and O–H groups in total. The molecule has 1 unspecified atom stereocenters. The van der Waals surface area contributed by atoms with E-state index >= 15 is 0 Å². The first-order valence-electron chi connectivity index (χ1n) is 11.3. The first-order chi connectivity index (χ1) is 16.3. The van der Waals surface area contributed by atoms with Crippen molar-refractivity contribution < 1.29 is 19.0 Å². The van der Waals surface area contributed by atoms with Crippen molar-refractivity contribution in [3.63, 3.8) is 0 Å². The summed E-state index contributed by atoms with van der Waals surface area (Å²) in [6.45, 7) is 9.76. The first kappa shape index (κ1) is 26.7. The van der Waals surface area contributed by atoms with Crippen LogP contribution < -0.4 is 15.4 Å². The summed E-state index contributed by atoms with van der Waals surface area (Å²) in [6.07, 6.45) is 4.07. The topological polar surface area (TPSA) is 96.4 Å². The van der Waals surface area contributed by atoms with E-state index in [0.29, 0.717) is 33.9 Å². The van der Waals surface area contributed by atoms with Gasteiger partial charge >= 0.3 is 0 Å². The summed E-state index contributed by atoms with van der Waals surface area (Å²) >= 11 is 0. The third kappa shape index (κ3) is 6.74. The summed E-state index contributed by atoms with van der Waals surface area (Å²) < 4.78 is 19.8. The van der Waals surface area contributed by atoms with Crippen molar-refractivity contribution in [1.29, 1.82) is 0 Å². The number of aliphatic hydroxyl groups is 1. The smallest absolute Gasteiger partial charge is 0.255 e. The normalized spacial score (nSPS) is 11.3. The van der Waals surface area contributed by atoms with Crippen molar-refractivity contribution in [3.05, 3.63) is 65.9 Å². The van der Waals surface area contributed by atoms with Crippen molar-refractivity contribution in [2.45, 2.75) is 46.6 Å². The van der Waals surface area contributed by atoms with Crippen molar-refractivity contribution in [3.8, 4) is 17.0 Å². The maximum absolute atomic E-state index is 14.5. The Bertz CT molecular complexity index is 1100. The molecule has 8 heteroatoms. The molecule has 0 aliphatic carbocycles. The molecule has 2 aromatic heterocycles. The number of carbonyl (C=O) groups is 1. The minimum Gasteiger partial charge on any atom is -0.497 e. The Morgan fingerprint density at radius 3 is 2.50 bits per heavy atom. The molecule has 1 aromatic carbocycles. The van der Waals surface area contributed by atoms with E-state index in [0.717, 1.165) is 5.56 Å². The maximum atomic E-state index is 14.5. The van der Waals surface area contributed by atoms with Crippen LogP contribution in [0.4, 0.5) is 15.8 Å². The number of aromatic nitrogens is 2. The highest BCUT2D eigenvalue weighted by Gasteiger charge is 2.17. The molecule has 0 aliphatic rings. The van der Waals surface area contributed by atoms with Gasteiger partial charge in [-0.1, -0.05) is 27.7 Å². The molecule has 0 fully saturated rings. The minimum atomic E-state index is -0.667. The second-order valence-corrected chi connectivity index (χ2v) is 7.76. The molecule has 34 heavy (non-hydrogen) atoms. The molecule has 7 nitrogen and oxygen atoms in total. The predicted octanol–water partition coefficient (Wildman–Crippen LogP) is 5.30. The Labute approximate surface area is 200 Å². The molecule has 2 heterocycles. The first-order valence-corrected chi connectivity index (χ1v) is 11.3. The number of nitrogens with one attached hydrogen (secondary N) is 2. The molecule has 0 radical (unpaired) electrons. The SMILES string of the molecule is CC.COc1ccc(F)c(-c2cc(Nc3ccncc3C(=O)NCC(C)O)c(C(C)C)cn2)c1. The lowest BCUT2D eigenvalue weighted by Crippen LogP contribution is -2.31. The standard InChI is InChI=1S/C24H27FN4O3.C2H6/c1-14(2)18-13-27-22(17-9-16(32-4)5-6-20(17)25)10-23(18)29-21-7-8-26-12-19(21)24(31)28-11-15(3)30;1-2/h5-10,12-15,30H,11H2,1-4H3,(H,28,31)(H,26,27,29);1-2H3. The van der Waals surface area contributed by atoms with Gasteiger partial charge in [-0.15, -0.1) is 0 Å². The minimum absolute atomic E-state index is 0.124. The van der Waals surface area contributed by atoms with Gasteiger partial charge in [-0.25, -0.2) is 4.39 Å². The Morgan fingerprint density at radius 2 is 1.85 bits per heavy atom. The number of aliphatic hydroxyl groups excluding tert-OH is 1. The van der Waals surface area contributed by atoms with Crippen molar-refractivity contribution in [2.24, 2.45) is 0 Å². The molecular weight excluding hydrogens is 435 g/mol. The molecule has 0 saturated carbocycles. The molecule has 0 saturated heterocycles. The number of pyridine rings is 2. The van der Waals surface area contributed by atoms with Gasteiger partial charge in [-0.2, -0.15) is 0 Å². The Kier molecular flexibility index (Phi) is 9.94. The monoisotopic (exact) mass is 468 g/mol. The van der Waals surface area contributed by atoms with Crippen LogP contribution in [-0.4, -0.2) is 40.7 Å². The summed E-state index contributed by atoms with van der Waals surface area (Å²) in [5.74, 6) is -0.121. The fourth-order valence-electron chi connectivity index (χ4n) is 3.17. The number of nitrogens with zero attached hydrogens (tertiary/aromatic N) is 2. The number of amides is 1. The zero-order valence-electron chi connectivity index (χ0n) is 20.5. The fourth-order valence-corrected chi connectivity index (χ4v) is 3.17. The lowest BCUT2D eigenvalue weighted by molar-refractivity contribution is 0.0924. The van der Waals surface area contributed by atoms with Gasteiger partial charge in [0, 0.05) is 36.4 Å². The Balaban J connectivity index is 0.00000199. The number of anilines is 2. The summed E-state index contributed by atoms with van der Waals surface area (Å²) in [7, 11) is 1.52. The van der Waals surface area contributed by atoms with Crippen LogP contribution in [0.3, 0.4) is 0 Å². The molecular formula is C26H33FN4O3. The lowest BCUT2D eigenvalue weighted by atomic mass is 10.0. The molecule has 0 spiro atoms. The second-order valence-electron chi connectivity index (χ2n) is 7.76. The van der Waals surface area contributed by atoms with Crippen LogP contribution >= 0.6 is 0 Å². The van der Waals surface area contributed by atoms with Crippen LogP contribution in [0.1, 0.15) is 56.5 Å². The molecule has 182 valence electrons. The highest BCUT2D eigenvalue weighted by Crippen LogP contribution is 2.33. The Morgan fingerprint density at radius 1 is 1.12 bits per heavy atom. The number of halogens is 1. The summed E-state index contributed by atoms with van der Waals surface area (Å²) in [5, 5.41) is 15.4. The van der Waals surface area contributed by atoms with Crippen LogP contribution in [-0.2, 0) is 0 Å². The average Bonchev–Trinajstić information content (AvgIpc) is 2.84. The highest BCUT2D eigenvalue weighted by atomic mass is 19.1. The van der Waals surface area contributed by atoms with E-state index in [1.54, 1.807) is 43.6 Å². The number of hydrogen-bond donors (Lipinski definition) is 3. The van der Waals surface area contributed by atoms with Gasteiger partial charge in [0.25, 0.3) is 5.91 Å². The predicted molar refractivity (Wildman–Crippen MR) is 133 cm³/mol. The van der Waals surface area contributed by atoms with Crippen LogP contribution in [0, 0.1) is 5.82 Å². The Hall–Kier alpha value is -3.52. The van der Waals surface area contributed by atoms with Crippen molar-refractivity contribution in [2.75, 3.05) is 19.0 Å². The quantitative estimate of drug-likeness (QED) is 0.415. The van der Waals surface area contributed by atoms with E-state index in [1.165, 1.54) is 19.4 Å². The van der Waals surface area contributed by atoms with Crippen LogP contribution in [0.2, 0.25) is 0 Å². The molecule has 0 aliphatic heterocycles. The van der Waals surface area contributed by atoms with Crippen LogP contribution in [0.5, 0.6) is 5.75 Å². The number of rotatable bonds is 8. The van der Waals surface area contributed by atoms with E-state index in [1.807, 2.05) is 27.7 Å². The zero-order chi connectivity index (χ0) is 25.3. The van der Waals surface area contributed by atoms with Crippen LogP contribution in [0.15, 0.2) is 48.9 Å². The number of carbonyl (C=O) groups excluding carboxylic acids is 1. The molecule has 3 rings (SSSR count). The van der Waals surface area contributed by atoms with E-state index in [9.17, 15) is 14.3 Å². The van der Waals surface area contributed by atoms with Gasteiger partial charge in [0.1, 0.15) is 11.6 Å². The van der Waals surface area contributed by atoms with Gasteiger partial charge in [-0.3, -0.25) is 14.8 Å². The van der Waals surface area contributed by atoms with Gasteiger partial charge in [0.05, 0.1) is 30.2 Å². The zero-order valence-corrected chi connectivity index (χ0v) is 20.5. The highest BCUT2D eigenvalue weighted by molar-refractivity contribution is 6.00. The van der Waals surface area contributed by atoms with E-state index in [2.05, 4.69) is 20.6 Å². The fraction of sp³-hybridized carbons (Fsp3) is 0.346. The molecule has 1 amide bonds. The maximum Gasteiger partial charge on any atom is 0.255 e. The van der Waals surface area contributed by atoms with Gasteiger partial charge in [0.15, 0.2) is 0 Å². The average molecular weight is 469 g/mol. The van der Waals surface area contributed by atoms with E-state index in [-0.39, 0.29) is 18.4 Å². The van der Waals surface area contributed by atoms with Crippen molar-refractivity contribution in [1.82, 2.24) is 15.3 Å². The number of benzene rings is 1. The summed E-state index contributed by atoms with van der Waals surface area (Å²) in [6, 6.07) is 7.93. The molecule has 3 aromatic rings. The van der Waals surface area contributed by atoms with E-state index in [4.69, 9.17) is 4.74 Å². The lowest BCUT2D eigenvalue weighted by Gasteiger charge is -2.18. The summed E-state index contributed by atoms with van der Waals surface area (Å²) in [5.41, 5.74) is 3.21. The van der Waals surface area contributed by atoms with E-state index < -0.39 is 11.9 Å². The van der Waals surface area contributed by atoms with Gasteiger partial charge in [-0.05, 0) is 48.7 Å². The second kappa shape index (κ2) is 12.6. The van der Waals surface area contributed by atoms with Crippen molar-refractivity contribution >= 4 is 17.3 Å². The summed E-state index contributed by atoms with van der Waals surface area (Å²) in [4.78, 5) is 21.1. The van der Waals surface area contributed by atoms with Gasteiger partial charge < -0.3 is 20.5 Å². The number of hydrogen-bond acceptors (Lipinski definition) is 6. The third-order valence-electron chi connectivity index (χ3n) is 4.90. The molecule has 0 bridgehead atoms. The van der Waals surface area contributed by atoms with Crippen LogP contribution in [0.25, 0.3) is 11.3 Å². The number of ether oxygens (including phenoxy) is 1. The molecule has 1 atom stereocenters. The number of methoxy groups -OCH3 is 1. The largest absolute Gasteiger partial charge is 0.497 e. The third-order valence-corrected chi connectivity index (χ3v) is 4.90. The van der Waals surface area contributed by atoms with Gasteiger partial charge in [0.2, 0.25) is 0 Å².